The van der Waals surface area contributed by atoms with Gasteiger partial charge in [0.2, 0.25) is 5.89 Å². The third-order valence-electron chi connectivity index (χ3n) is 2.93. The van der Waals surface area contributed by atoms with Crippen molar-refractivity contribution in [2.75, 3.05) is 5.73 Å². The molecule has 0 saturated carbocycles. The molecule has 0 atom stereocenters. The lowest BCUT2D eigenvalue weighted by atomic mass is 10.2. The van der Waals surface area contributed by atoms with Gasteiger partial charge in [-0.1, -0.05) is 28.8 Å². The summed E-state index contributed by atoms with van der Waals surface area (Å²) in [6.45, 7) is 0.447. The van der Waals surface area contributed by atoms with Crippen LogP contribution in [0.4, 0.5) is 6.01 Å². The summed E-state index contributed by atoms with van der Waals surface area (Å²) in [5.74, 6) is 1.08. The van der Waals surface area contributed by atoms with Crippen LogP contribution >= 0.6 is 27.5 Å². The number of benzene rings is 2. The molecule has 0 radical (unpaired) electrons. The molecule has 0 unspecified atom stereocenters. The molecule has 5 nitrogen and oxygen atoms in total. The number of nitrogens with two attached hydrogens (primary N) is 1. The molecular weight excluding hydrogens is 370 g/mol. The Kier molecular flexibility index (Phi) is 4.31. The number of anilines is 1. The van der Waals surface area contributed by atoms with Gasteiger partial charge in [0.1, 0.15) is 12.4 Å². The van der Waals surface area contributed by atoms with Crippen molar-refractivity contribution >= 4 is 33.5 Å². The second kappa shape index (κ2) is 6.37. The lowest BCUT2D eigenvalue weighted by molar-refractivity contribution is 0.304. The largest absolute Gasteiger partial charge is 0.488 e. The molecule has 2 N–H and O–H groups in total. The number of nitrogen functional groups attached to an aromatic ring is 1. The number of nitrogens with zero attached hydrogens (tertiary/aromatic N) is 2. The van der Waals surface area contributed by atoms with Gasteiger partial charge >= 0.3 is 6.01 Å². The predicted octanol–water partition coefficient (Wildman–Crippen LogP) is 4.31. The average Bonchev–Trinajstić information content (AvgIpc) is 2.94. The Morgan fingerprint density at radius 3 is 2.55 bits per heavy atom. The normalized spacial score (nSPS) is 10.6. The van der Waals surface area contributed by atoms with Crippen molar-refractivity contribution < 1.29 is 9.15 Å². The molecule has 22 heavy (non-hydrogen) atoms. The van der Waals surface area contributed by atoms with Crippen LogP contribution in [0.1, 0.15) is 5.56 Å². The molecule has 112 valence electrons. The van der Waals surface area contributed by atoms with Crippen molar-refractivity contribution in [2.45, 2.75) is 6.61 Å². The van der Waals surface area contributed by atoms with Crippen molar-refractivity contribution in [3.8, 4) is 17.2 Å². The van der Waals surface area contributed by atoms with Crippen LogP contribution in [0.2, 0.25) is 5.02 Å². The van der Waals surface area contributed by atoms with Gasteiger partial charge in [0.25, 0.3) is 0 Å². The Morgan fingerprint density at radius 2 is 1.91 bits per heavy atom. The molecule has 2 aromatic carbocycles. The summed E-state index contributed by atoms with van der Waals surface area (Å²) in [5, 5.41) is 8.18. The second-order valence-electron chi connectivity index (χ2n) is 4.51. The zero-order valence-corrected chi connectivity index (χ0v) is 13.6. The van der Waals surface area contributed by atoms with E-state index in [0.29, 0.717) is 23.3 Å². The summed E-state index contributed by atoms with van der Waals surface area (Å²) in [6.07, 6.45) is 0. The van der Waals surface area contributed by atoms with Crippen LogP contribution in [0.25, 0.3) is 11.5 Å². The van der Waals surface area contributed by atoms with E-state index < -0.39 is 0 Å². The van der Waals surface area contributed by atoms with Gasteiger partial charge < -0.3 is 14.9 Å². The van der Waals surface area contributed by atoms with E-state index >= 15 is 0 Å². The maximum absolute atomic E-state index is 5.85. The summed E-state index contributed by atoms with van der Waals surface area (Å²) >= 11 is 9.32. The molecule has 0 amide bonds. The third-order valence-corrected chi connectivity index (χ3v) is 3.80. The van der Waals surface area contributed by atoms with Gasteiger partial charge in [0, 0.05) is 10.6 Å². The molecule has 3 rings (SSSR count). The highest BCUT2D eigenvalue weighted by Gasteiger charge is 2.10. The van der Waals surface area contributed by atoms with Crippen LogP contribution in [0.3, 0.4) is 0 Å². The predicted molar refractivity (Wildman–Crippen MR) is 87.6 cm³/mol. The minimum Gasteiger partial charge on any atom is -0.488 e. The first-order valence-corrected chi connectivity index (χ1v) is 7.55. The van der Waals surface area contributed by atoms with E-state index in [1.807, 2.05) is 42.5 Å². The fourth-order valence-electron chi connectivity index (χ4n) is 1.84. The molecule has 0 saturated heterocycles. The first-order chi connectivity index (χ1) is 10.6. The van der Waals surface area contributed by atoms with Gasteiger partial charge in [-0.25, -0.2) is 0 Å². The first kappa shape index (κ1) is 14.9. The standard InChI is InChI=1S/C15H11BrClN3O2/c16-12-7-10(14-19-20-15(18)22-14)3-6-13(12)21-8-9-1-4-11(17)5-2-9/h1-7H,8H2,(H2,18,20). The van der Waals surface area contributed by atoms with E-state index in [1.165, 1.54) is 0 Å². The van der Waals surface area contributed by atoms with Crippen LogP contribution < -0.4 is 10.5 Å². The second-order valence-corrected chi connectivity index (χ2v) is 5.80. The molecule has 0 aliphatic carbocycles. The summed E-state index contributed by atoms with van der Waals surface area (Å²) in [6, 6.07) is 13.0. The fraction of sp³-hybridized carbons (Fsp3) is 0.0667. The highest BCUT2D eigenvalue weighted by Crippen LogP contribution is 2.31. The monoisotopic (exact) mass is 379 g/mol. The quantitative estimate of drug-likeness (QED) is 0.730. The van der Waals surface area contributed by atoms with Crippen LogP contribution in [0.15, 0.2) is 51.4 Å². The van der Waals surface area contributed by atoms with E-state index in [-0.39, 0.29) is 6.01 Å². The summed E-state index contributed by atoms with van der Waals surface area (Å²) < 4.78 is 11.8. The summed E-state index contributed by atoms with van der Waals surface area (Å²) in [5.41, 5.74) is 7.21. The maximum atomic E-state index is 5.85. The Bertz CT molecular complexity index is 790. The van der Waals surface area contributed by atoms with Crippen molar-refractivity contribution in [3.63, 3.8) is 0 Å². The van der Waals surface area contributed by atoms with Crippen LogP contribution in [0.5, 0.6) is 5.75 Å². The highest BCUT2D eigenvalue weighted by molar-refractivity contribution is 9.10. The summed E-state index contributed by atoms with van der Waals surface area (Å²) in [4.78, 5) is 0. The van der Waals surface area contributed by atoms with E-state index in [4.69, 9.17) is 26.5 Å². The summed E-state index contributed by atoms with van der Waals surface area (Å²) in [7, 11) is 0. The van der Waals surface area contributed by atoms with Crippen molar-refractivity contribution in [2.24, 2.45) is 0 Å². The zero-order valence-electron chi connectivity index (χ0n) is 11.3. The minimum atomic E-state index is 0.0363. The van der Waals surface area contributed by atoms with Gasteiger partial charge in [0.15, 0.2) is 0 Å². The van der Waals surface area contributed by atoms with E-state index in [9.17, 15) is 0 Å². The third kappa shape index (κ3) is 3.40. The van der Waals surface area contributed by atoms with E-state index in [2.05, 4.69) is 26.1 Å². The molecular formula is C15H11BrClN3O2. The number of rotatable bonds is 4. The maximum Gasteiger partial charge on any atom is 0.313 e. The minimum absolute atomic E-state index is 0.0363. The molecule has 0 aliphatic rings. The van der Waals surface area contributed by atoms with Crippen molar-refractivity contribution in [3.05, 3.63) is 57.5 Å². The lowest BCUT2D eigenvalue weighted by Gasteiger charge is -2.09. The smallest absolute Gasteiger partial charge is 0.313 e. The Hall–Kier alpha value is -2.05. The number of halogens is 2. The van der Waals surface area contributed by atoms with Gasteiger partial charge in [-0.05, 0) is 51.8 Å². The van der Waals surface area contributed by atoms with Crippen LogP contribution in [-0.4, -0.2) is 10.2 Å². The van der Waals surface area contributed by atoms with E-state index in [1.54, 1.807) is 0 Å². The Balaban J connectivity index is 1.73. The zero-order chi connectivity index (χ0) is 15.5. The molecule has 1 aromatic heterocycles. The Labute approximate surface area is 140 Å². The molecule has 0 bridgehead atoms. The van der Waals surface area contributed by atoms with Crippen LogP contribution in [0, 0.1) is 0 Å². The average molecular weight is 381 g/mol. The molecule has 1 heterocycles. The van der Waals surface area contributed by atoms with E-state index in [0.717, 1.165) is 15.6 Å². The number of aromatic nitrogens is 2. The fourth-order valence-corrected chi connectivity index (χ4v) is 2.46. The Morgan fingerprint density at radius 1 is 1.14 bits per heavy atom. The van der Waals surface area contributed by atoms with Crippen molar-refractivity contribution in [1.29, 1.82) is 0 Å². The van der Waals surface area contributed by atoms with Crippen LogP contribution in [-0.2, 0) is 6.61 Å². The molecule has 0 aliphatic heterocycles. The molecule has 0 fully saturated rings. The number of hydrogen-bond acceptors (Lipinski definition) is 5. The highest BCUT2D eigenvalue weighted by atomic mass is 79.9. The van der Waals surface area contributed by atoms with Gasteiger partial charge in [0.05, 0.1) is 4.47 Å². The van der Waals surface area contributed by atoms with Gasteiger partial charge in [-0.15, -0.1) is 5.10 Å². The number of ether oxygens (including phenoxy) is 1. The first-order valence-electron chi connectivity index (χ1n) is 6.38. The van der Waals surface area contributed by atoms with Gasteiger partial charge in [-0.3, -0.25) is 0 Å². The lowest BCUT2D eigenvalue weighted by Crippen LogP contribution is -1.96. The topological polar surface area (TPSA) is 74.2 Å². The molecule has 7 heteroatoms. The SMILES string of the molecule is Nc1nnc(-c2ccc(OCc3ccc(Cl)cc3)c(Br)c2)o1. The van der Waals surface area contributed by atoms with Gasteiger partial charge in [-0.2, -0.15) is 0 Å². The number of hydrogen-bond donors (Lipinski definition) is 1. The molecule has 0 spiro atoms. The van der Waals surface area contributed by atoms with Crippen molar-refractivity contribution in [1.82, 2.24) is 10.2 Å². The molecule has 3 aromatic rings.